The van der Waals surface area contributed by atoms with E-state index in [0.29, 0.717) is 25.1 Å². The number of amides is 2. The summed E-state index contributed by atoms with van der Waals surface area (Å²) in [6.45, 7) is 2.63. The quantitative estimate of drug-likeness (QED) is 0.355. The molecule has 164 valence electrons. The van der Waals surface area contributed by atoms with Crippen molar-refractivity contribution in [1.82, 2.24) is 9.80 Å². The molecule has 2 fully saturated rings. The molecule has 0 spiro atoms. The number of hydrogen-bond acceptors (Lipinski definition) is 3. The van der Waals surface area contributed by atoms with Gasteiger partial charge in [0.25, 0.3) is 5.91 Å². The number of carboxylic acids is 1. The molecule has 8 heteroatoms. The van der Waals surface area contributed by atoms with Crippen LogP contribution in [0.3, 0.4) is 0 Å². The topological polar surface area (TPSA) is 81.8 Å². The molecule has 2 amide bonds. The minimum atomic E-state index is -1.11. The molecular formula is C25H25N3NaO4+. The first-order valence-corrected chi connectivity index (χ1v) is 10.7. The van der Waals surface area contributed by atoms with Gasteiger partial charge >= 0.3 is 35.5 Å². The number of β-lactam (4-membered cyclic amide) rings is 1. The van der Waals surface area contributed by atoms with Crippen LogP contribution in [0.1, 0.15) is 26.0 Å². The van der Waals surface area contributed by atoms with Crippen LogP contribution < -0.4 is 34.1 Å². The van der Waals surface area contributed by atoms with E-state index < -0.39 is 12.0 Å². The normalized spacial score (nSPS) is 23.3. The van der Waals surface area contributed by atoms with Crippen LogP contribution in [-0.2, 0) is 20.9 Å². The van der Waals surface area contributed by atoms with Crippen molar-refractivity contribution in [2.75, 3.05) is 6.54 Å². The Morgan fingerprint density at radius 1 is 1.15 bits per heavy atom. The number of aliphatic carboxylic acids is 1. The third kappa shape index (κ3) is 4.05. The molecule has 0 bridgehead atoms. The molecule has 1 aromatic carbocycles. The van der Waals surface area contributed by atoms with Gasteiger partial charge in [0.2, 0.25) is 11.6 Å². The Labute approximate surface area is 215 Å². The summed E-state index contributed by atoms with van der Waals surface area (Å²) in [5.74, 6) is -1.50. The number of carbonyl (C=O) groups excluding carboxylic acids is 2. The van der Waals surface area contributed by atoms with Gasteiger partial charge in [-0.1, -0.05) is 36.4 Å². The summed E-state index contributed by atoms with van der Waals surface area (Å²) in [4.78, 5) is 39.8. The monoisotopic (exact) mass is 454 g/mol. The van der Waals surface area contributed by atoms with Gasteiger partial charge in [-0.2, -0.15) is 4.57 Å². The first-order valence-electron chi connectivity index (χ1n) is 10.7. The molecule has 4 heterocycles. The van der Waals surface area contributed by atoms with Crippen LogP contribution in [0.5, 0.6) is 0 Å². The summed E-state index contributed by atoms with van der Waals surface area (Å²) in [6, 6.07) is 15.2. The van der Waals surface area contributed by atoms with Gasteiger partial charge in [0.05, 0.1) is 6.04 Å². The van der Waals surface area contributed by atoms with Crippen molar-refractivity contribution in [3.8, 4) is 0 Å². The van der Waals surface area contributed by atoms with Crippen molar-refractivity contribution in [2.24, 2.45) is 5.92 Å². The maximum Gasteiger partial charge on any atom is 1.00 e. The van der Waals surface area contributed by atoms with Crippen molar-refractivity contribution in [3.63, 3.8) is 0 Å². The number of allylic oxidation sites excluding steroid dienone is 2. The molecule has 3 aliphatic rings. The van der Waals surface area contributed by atoms with E-state index >= 15 is 0 Å². The summed E-state index contributed by atoms with van der Waals surface area (Å²) >= 11 is 0. The number of rotatable bonds is 5. The standard InChI is InChI=1S/C25H23N3O4.Na.H/c1-16(29)27-15-19-13-18(22(25(31)32)28-21(19)23(27)24(28)30)10-11-20-9-5-6-12-26(20)14-17-7-3-2-4-8-17;;/h2-12,19,21,23H,13-15H2,1H3;;/q;+1;-1/p+1/t19-,21-,23+;;/m1../s1. The predicted octanol–water partition coefficient (Wildman–Crippen LogP) is -1.05. The molecule has 0 unspecified atom stereocenters. The molecule has 0 radical (unpaired) electrons. The molecule has 2 saturated heterocycles. The van der Waals surface area contributed by atoms with Crippen LogP contribution >= 0.6 is 0 Å². The van der Waals surface area contributed by atoms with Gasteiger partial charge in [0.1, 0.15) is 11.7 Å². The van der Waals surface area contributed by atoms with Crippen LogP contribution in [0.2, 0.25) is 0 Å². The molecule has 1 aromatic heterocycles. The number of carbonyl (C=O) groups is 3. The number of benzene rings is 1. The van der Waals surface area contributed by atoms with Crippen molar-refractivity contribution >= 4 is 23.9 Å². The maximum atomic E-state index is 12.8. The first-order chi connectivity index (χ1) is 15.5. The summed E-state index contributed by atoms with van der Waals surface area (Å²) in [5, 5.41) is 9.89. The number of likely N-dealkylation sites (tertiary alicyclic amines) is 1. The fraction of sp³-hybridized carbons (Fsp3) is 0.280. The van der Waals surface area contributed by atoms with E-state index in [9.17, 15) is 19.5 Å². The summed E-state index contributed by atoms with van der Waals surface area (Å²) < 4.78 is 2.09. The molecule has 0 aliphatic carbocycles. The molecule has 5 rings (SSSR count). The minimum absolute atomic E-state index is 0. The van der Waals surface area contributed by atoms with Crippen LogP contribution in [0.15, 0.2) is 72.1 Å². The Bertz CT molecular complexity index is 1180. The molecule has 33 heavy (non-hydrogen) atoms. The number of aromatic nitrogens is 1. The second-order valence-electron chi connectivity index (χ2n) is 8.53. The van der Waals surface area contributed by atoms with E-state index in [4.69, 9.17) is 0 Å². The van der Waals surface area contributed by atoms with Crippen LogP contribution in [-0.4, -0.2) is 51.3 Å². The van der Waals surface area contributed by atoms with Gasteiger partial charge in [0, 0.05) is 43.2 Å². The van der Waals surface area contributed by atoms with Crippen LogP contribution in [0.4, 0.5) is 0 Å². The van der Waals surface area contributed by atoms with E-state index in [-0.39, 0.29) is 60.5 Å². The van der Waals surface area contributed by atoms with Crippen LogP contribution in [0, 0.1) is 5.92 Å². The Balaban J connectivity index is 0.00000162. The first kappa shape index (κ1) is 23.4. The fourth-order valence-corrected chi connectivity index (χ4v) is 5.20. The van der Waals surface area contributed by atoms with Gasteiger partial charge in [0.15, 0.2) is 12.7 Å². The van der Waals surface area contributed by atoms with E-state index in [2.05, 4.69) is 16.7 Å². The average molecular weight is 454 g/mol. The van der Waals surface area contributed by atoms with E-state index in [1.807, 2.05) is 54.7 Å². The van der Waals surface area contributed by atoms with Gasteiger partial charge in [-0.05, 0) is 18.1 Å². The SMILES string of the molecule is CC(=O)N1C[C@H]2CC(/C=C/c3cccc[n+]3Cc3ccccc3)=C(C(=O)O)N3C(=O)[C@@H]1[C@@H]23.[H-].[Na+]. The van der Waals surface area contributed by atoms with Crippen molar-refractivity contribution in [3.05, 3.63) is 83.3 Å². The van der Waals surface area contributed by atoms with Gasteiger partial charge in [-0.15, -0.1) is 0 Å². The number of carboxylic acid groups (broad SMARTS) is 1. The van der Waals surface area contributed by atoms with Crippen LogP contribution in [0.25, 0.3) is 6.08 Å². The Morgan fingerprint density at radius 2 is 1.88 bits per heavy atom. The zero-order chi connectivity index (χ0) is 22.4. The van der Waals surface area contributed by atoms with Crippen molar-refractivity contribution in [2.45, 2.75) is 32.0 Å². The molecule has 1 N–H and O–H groups in total. The fourth-order valence-electron chi connectivity index (χ4n) is 5.20. The van der Waals surface area contributed by atoms with Crippen molar-refractivity contribution < 1.29 is 55.0 Å². The maximum absolute atomic E-state index is 12.8. The second-order valence-corrected chi connectivity index (χ2v) is 8.53. The summed E-state index contributed by atoms with van der Waals surface area (Å²) in [7, 11) is 0. The third-order valence-corrected chi connectivity index (χ3v) is 6.62. The molecule has 3 atom stereocenters. The zero-order valence-electron chi connectivity index (χ0n) is 19.7. The summed E-state index contributed by atoms with van der Waals surface area (Å²) in [6.07, 6.45) is 6.23. The molecule has 3 aliphatic heterocycles. The number of hydrogen-bond donors (Lipinski definition) is 1. The summed E-state index contributed by atoms with van der Waals surface area (Å²) in [5.41, 5.74) is 2.75. The van der Waals surface area contributed by atoms with Gasteiger partial charge in [-0.3, -0.25) is 14.5 Å². The van der Waals surface area contributed by atoms with Gasteiger partial charge < -0.3 is 11.4 Å². The van der Waals surface area contributed by atoms with E-state index in [0.717, 1.165) is 11.3 Å². The largest absolute Gasteiger partial charge is 1.00 e. The smallest absolute Gasteiger partial charge is 1.00 e. The van der Waals surface area contributed by atoms with Gasteiger partial charge in [-0.25, -0.2) is 4.79 Å². The van der Waals surface area contributed by atoms with E-state index in [1.165, 1.54) is 11.8 Å². The number of pyridine rings is 1. The average Bonchev–Trinajstić information content (AvgIpc) is 3.15. The molecular weight excluding hydrogens is 429 g/mol. The molecule has 7 nitrogen and oxygen atoms in total. The Hall–Kier alpha value is -2.74. The van der Waals surface area contributed by atoms with E-state index in [1.54, 1.807) is 4.90 Å². The molecule has 2 aromatic rings. The molecule has 0 saturated carbocycles. The predicted molar refractivity (Wildman–Crippen MR) is 117 cm³/mol. The second kappa shape index (κ2) is 9.25. The minimum Gasteiger partial charge on any atom is -1.00 e. The third-order valence-electron chi connectivity index (χ3n) is 6.62. The number of nitrogens with zero attached hydrogens (tertiary/aromatic N) is 3. The Morgan fingerprint density at radius 3 is 2.58 bits per heavy atom. The zero-order valence-corrected chi connectivity index (χ0v) is 20.7. The Kier molecular flexibility index (Phi) is 6.56. The van der Waals surface area contributed by atoms with Crippen molar-refractivity contribution in [1.29, 1.82) is 0 Å².